The Labute approximate surface area is 147 Å². The first-order valence-electron chi connectivity index (χ1n) is 8.65. The topological polar surface area (TPSA) is 60.5 Å². The molecule has 3 aliphatic heterocycles. The highest BCUT2D eigenvalue weighted by atomic mass is 16.7. The minimum Gasteiger partial charge on any atom is -0.493 e. The largest absolute Gasteiger partial charge is 0.493 e. The van der Waals surface area contributed by atoms with Crippen LogP contribution in [0.2, 0.25) is 0 Å². The number of hydrogen-bond acceptors (Lipinski definition) is 6. The number of hydrogen-bond donors (Lipinski definition) is 0. The maximum atomic E-state index is 11.6. The lowest BCUT2D eigenvalue weighted by atomic mass is 9.89. The van der Waals surface area contributed by atoms with Crippen molar-refractivity contribution in [2.45, 2.75) is 25.0 Å². The number of morpholine rings is 1. The highest BCUT2D eigenvalue weighted by Gasteiger charge is 2.41. The Balaban J connectivity index is 1.40. The number of fused-ring (bicyclic) bond motifs is 1. The predicted octanol–water partition coefficient (Wildman–Crippen LogP) is 1.25. The Morgan fingerprint density at radius 3 is 2.76 bits per heavy atom. The van der Waals surface area contributed by atoms with Crippen LogP contribution in [-0.4, -0.2) is 68.5 Å². The van der Waals surface area contributed by atoms with Crippen molar-refractivity contribution in [3.05, 3.63) is 17.7 Å². The molecule has 2 saturated heterocycles. The van der Waals surface area contributed by atoms with Crippen LogP contribution >= 0.6 is 0 Å². The van der Waals surface area contributed by atoms with E-state index in [1.165, 1.54) is 0 Å². The third kappa shape index (κ3) is 3.14. The van der Waals surface area contributed by atoms with Crippen LogP contribution in [0.3, 0.4) is 0 Å². The van der Waals surface area contributed by atoms with Crippen LogP contribution in [-0.2, 0) is 16.1 Å². The minimum absolute atomic E-state index is 0.0699. The Morgan fingerprint density at radius 1 is 1.24 bits per heavy atom. The van der Waals surface area contributed by atoms with Gasteiger partial charge >= 0.3 is 0 Å². The molecule has 0 aliphatic carbocycles. The van der Waals surface area contributed by atoms with E-state index in [4.69, 9.17) is 18.9 Å². The number of carbonyl (C=O) groups excluding carboxylic acids is 1. The van der Waals surface area contributed by atoms with E-state index in [0.29, 0.717) is 18.0 Å². The quantitative estimate of drug-likeness (QED) is 0.819. The van der Waals surface area contributed by atoms with Crippen LogP contribution in [0, 0.1) is 0 Å². The summed E-state index contributed by atoms with van der Waals surface area (Å²) in [6.45, 7) is 3.85. The van der Waals surface area contributed by atoms with E-state index in [1.54, 1.807) is 12.0 Å². The van der Waals surface area contributed by atoms with Crippen LogP contribution in [0.15, 0.2) is 12.1 Å². The third-order valence-electron chi connectivity index (χ3n) is 5.34. The summed E-state index contributed by atoms with van der Waals surface area (Å²) in [5.74, 6) is 2.22. The summed E-state index contributed by atoms with van der Waals surface area (Å²) in [6, 6.07) is 4.04. The molecule has 0 aromatic heterocycles. The summed E-state index contributed by atoms with van der Waals surface area (Å²) in [4.78, 5) is 15.8. The van der Waals surface area contributed by atoms with Crippen molar-refractivity contribution in [3.8, 4) is 17.2 Å². The number of piperidine rings is 1. The molecule has 2 fully saturated rings. The molecule has 0 saturated carbocycles. The van der Waals surface area contributed by atoms with Gasteiger partial charge in [0.05, 0.1) is 12.7 Å². The first kappa shape index (κ1) is 16.5. The summed E-state index contributed by atoms with van der Waals surface area (Å²) in [5.41, 5.74) is 0.972. The molecule has 25 heavy (non-hydrogen) atoms. The van der Waals surface area contributed by atoms with Gasteiger partial charge in [-0.1, -0.05) is 0 Å². The molecular formula is C18H24N2O5. The van der Waals surface area contributed by atoms with E-state index in [0.717, 1.165) is 43.8 Å². The number of methoxy groups -OCH3 is 1. The van der Waals surface area contributed by atoms with E-state index in [9.17, 15) is 4.79 Å². The molecule has 0 radical (unpaired) electrons. The summed E-state index contributed by atoms with van der Waals surface area (Å²) in [7, 11) is 3.50. The van der Waals surface area contributed by atoms with Crippen LogP contribution in [0.1, 0.15) is 18.4 Å². The van der Waals surface area contributed by atoms with Gasteiger partial charge in [-0.05, 0) is 30.5 Å². The van der Waals surface area contributed by atoms with Gasteiger partial charge in [0.15, 0.2) is 11.5 Å². The van der Waals surface area contributed by atoms with Gasteiger partial charge in [-0.3, -0.25) is 9.69 Å². The smallest absolute Gasteiger partial charge is 0.248 e. The molecule has 3 heterocycles. The fourth-order valence-electron chi connectivity index (χ4n) is 3.85. The van der Waals surface area contributed by atoms with E-state index < -0.39 is 0 Å². The number of carbonyl (C=O) groups is 1. The van der Waals surface area contributed by atoms with Gasteiger partial charge in [0, 0.05) is 33.2 Å². The van der Waals surface area contributed by atoms with Crippen molar-refractivity contribution in [1.82, 2.24) is 9.80 Å². The summed E-state index contributed by atoms with van der Waals surface area (Å²) in [6.07, 6.45) is 1.87. The van der Waals surface area contributed by atoms with Crippen molar-refractivity contribution < 1.29 is 23.7 Å². The van der Waals surface area contributed by atoms with Crippen molar-refractivity contribution in [3.63, 3.8) is 0 Å². The number of ether oxygens (including phenoxy) is 4. The molecule has 4 rings (SSSR count). The normalized spacial score (nSPS) is 22.5. The number of likely N-dealkylation sites (tertiary alicyclic amines) is 1. The lowest BCUT2D eigenvalue weighted by molar-refractivity contribution is -0.169. The van der Waals surface area contributed by atoms with E-state index in [2.05, 4.69) is 4.90 Å². The molecule has 1 aromatic rings. The van der Waals surface area contributed by atoms with Gasteiger partial charge in [0.1, 0.15) is 6.61 Å². The molecule has 7 nitrogen and oxygen atoms in total. The SMILES string of the molecule is COc1cc(CN2CCC3(CC2)CN(C)C(=O)CO3)cc2c1OCO2. The second-order valence-corrected chi connectivity index (χ2v) is 7.03. The third-order valence-corrected chi connectivity index (χ3v) is 5.34. The maximum absolute atomic E-state index is 11.6. The van der Waals surface area contributed by atoms with Crippen LogP contribution in [0.4, 0.5) is 0 Å². The number of amides is 1. The van der Waals surface area contributed by atoms with Crippen molar-refractivity contribution >= 4 is 5.91 Å². The average molecular weight is 348 g/mol. The van der Waals surface area contributed by atoms with Gasteiger partial charge in [0.25, 0.3) is 0 Å². The summed E-state index contributed by atoms with van der Waals surface area (Å²) in [5, 5.41) is 0. The van der Waals surface area contributed by atoms with Crippen molar-refractivity contribution in [2.75, 3.05) is 47.2 Å². The van der Waals surface area contributed by atoms with Gasteiger partial charge < -0.3 is 23.8 Å². The Morgan fingerprint density at radius 2 is 2.04 bits per heavy atom. The van der Waals surface area contributed by atoms with Gasteiger partial charge in [0.2, 0.25) is 18.4 Å². The zero-order valence-electron chi connectivity index (χ0n) is 14.7. The lowest BCUT2D eigenvalue weighted by Gasteiger charge is -2.46. The van der Waals surface area contributed by atoms with Crippen molar-refractivity contribution in [2.24, 2.45) is 0 Å². The molecule has 136 valence electrons. The van der Waals surface area contributed by atoms with E-state index in [1.807, 2.05) is 19.2 Å². The summed E-state index contributed by atoms with van der Waals surface area (Å²) < 4.78 is 22.3. The number of likely N-dealkylation sites (N-methyl/N-ethyl adjacent to an activating group) is 1. The van der Waals surface area contributed by atoms with Crippen LogP contribution < -0.4 is 14.2 Å². The first-order valence-corrected chi connectivity index (χ1v) is 8.65. The minimum atomic E-state index is -0.175. The zero-order valence-corrected chi connectivity index (χ0v) is 14.7. The highest BCUT2D eigenvalue weighted by molar-refractivity contribution is 5.78. The average Bonchev–Trinajstić information content (AvgIpc) is 3.09. The number of nitrogens with zero attached hydrogens (tertiary/aromatic N) is 2. The van der Waals surface area contributed by atoms with Gasteiger partial charge in [-0.25, -0.2) is 0 Å². The fraction of sp³-hybridized carbons (Fsp3) is 0.611. The Kier molecular flexibility index (Phi) is 4.21. The van der Waals surface area contributed by atoms with E-state index >= 15 is 0 Å². The number of rotatable bonds is 3. The van der Waals surface area contributed by atoms with E-state index in [-0.39, 0.29) is 24.9 Å². The molecule has 1 amide bonds. The second-order valence-electron chi connectivity index (χ2n) is 7.03. The summed E-state index contributed by atoms with van der Waals surface area (Å²) >= 11 is 0. The Bertz CT molecular complexity index is 670. The lowest BCUT2D eigenvalue weighted by Crippen LogP contribution is -2.57. The monoisotopic (exact) mass is 348 g/mol. The molecule has 7 heteroatoms. The number of benzene rings is 1. The molecule has 1 aromatic carbocycles. The predicted molar refractivity (Wildman–Crippen MR) is 89.9 cm³/mol. The Hall–Kier alpha value is -1.99. The second kappa shape index (κ2) is 6.38. The highest BCUT2D eigenvalue weighted by Crippen LogP contribution is 2.42. The van der Waals surface area contributed by atoms with Gasteiger partial charge in [-0.2, -0.15) is 0 Å². The van der Waals surface area contributed by atoms with Crippen LogP contribution in [0.5, 0.6) is 17.2 Å². The molecule has 3 aliphatic rings. The molecule has 0 unspecified atom stereocenters. The van der Waals surface area contributed by atoms with Crippen LogP contribution in [0.25, 0.3) is 0 Å². The molecule has 0 bridgehead atoms. The maximum Gasteiger partial charge on any atom is 0.248 e. The fourth-order valence-corrected chi connectivity index (χ4v) is 3.85. The first-order chi connectivity index (χ1) is 12.1. The molecule has 1 spiro atoms. The molecule has 0 atom stereocenters. The standard InChI is InChI=1S/C18H24N2O5/c1-19-11-18(25-10-16(19)21)3-5-20(6-4-18)9-13-7-14(22-2)17-15(8-13)23-12-24-17/h7-8H,3-6,9-12H2,1-2H3. The van der Waals surface area contributed by atoms with Crippen molar-refractivity contribution in [1.29, 1.82) is 0 Å². The zero-order chi connectivity index (χ0) is 17.4. The van der Waals surface area contributed by atoms with Gasteiger partial charge in [-0.15, -0.1) is 0 Å². The molecular weight excluding hydrogens is 324 g/mol. The molecule has 0 N–H and O–H groups in total.